The number of aromatic amines is 1. The van der Waals surface area contributed by atoms with Crippen molar-refractivity contribution in [2.45, 2.75) is 19.4 Å². The van der Waals surface area contributed by atoms with E-state index in [1.165, 1.54) is 0 Å². The number of piperidine rings is 1. The van der Waals surface area contributed by atoms with Gasteiger partial charge in [0.1, 0.15) is 11.6 Å². The van der Waals surface area contributed by atoms with Crippen molar-refractivity contribution in [3.8, 4) is 11.4 Å². The topological polar surface area (TPSA) is 74.2 Å². The average Bonchev–Trinajstić information content (AvgIpc) is 3.44. The third kappa shape index (κ3) is 4.00. The van der Waals surface area contributed by atoms with E-state index in [4.69, 9.17) is 4.42 Å². The molecule has 6 nitrogen and oxygen atoms in total. The standard InChI is InChI=1S/C24H24N4O2/c29-24(18-5-3-13-28(15-18)16-20-6-4-14-30-20)25-19-11-9-17(10-12-19)23-26-21-7-1-2-8-22(21)27-23/h1-2,4,6-12,14,18H,3,5,13,15-16H2,(H,25,29)(H,26,27)/t18-/m0/s1. The Bertz CT molecular complexity index is 1100. The summed E-state index contributed by atoms with van der Waals surface area (Å²) in [7, 11) is 0. The smallest absolute Gasteiger partial charge is 0.228 e. The second-order valence-electron chi connectivity index (χ2n) is 7.82. The quantitative estimate of drug-likeness (QED) is 0.510. The van der Waals surface area contributed by atoms with Gasteiger partial charge in [-0.15, -0.1) is 0 Å². The summed E-state index contributed by atoms with van der Waals surface area (Å²) in [4.78, 5) is 23.1. The van der Waals surface area contributed by atoms with Crippen LogP contribution in [-0.2, 0) is 11.3 Å². The predicted octanol–water partition coefficient (Wildman–Crippen LogP) is 4.67. The van der Waals surface area contributed by atoms with Crippen LogP contribution >= 0.6 is 0 Å². The van der Waals surface area contributed by atoms with Crippen molar-refractivity contribution < 1.29 is 9.21 Å². The van der Waals surface area contributed by atoms with E-state index in [0.29, 0.717) is 0 Å². The summed E-state index contributed by atoms with van der Waals surface area (Å²) in [5.74, 6) is 1.84. The summed E-state index contributed by atoms with van der Waals surface area (Å²) >= 11 is 0. The maximum absolute atomic E-state index is 12.8. The van der Waals surface area contributed by atoms with E-state index in [2.05, 4.69) is 20.2 Å². The number of carbonyl (C=O) groups is 1. The Hall–Kier alpha value is -3.38. The van der Waals surface area contributed by atoms with Crippen molar-refractivity contribution in [2.75, 3.05) is 18.4 Å². The molecule has 152 valence electrons. The minimum atomic E-state index is -0.0104. The van der Waals surface area contributed by atoms with E-state index in [1.54, 1.807) is 6.26 Å². The van der Waals surface area contributed by atoms with Gasteiger partial charge in [0.05, 0.1) is 29.8 Å². The highest BCUT2D eigenvalue weighted by atomic mass is 16.3. The molecule has 2 N–H and O–H groups in total. The molecule has 0 unspecified atom stereocenters. The van der Waals surface area contributed by atoms with Gasteiger partial charge in [0.15, 0.2) is 0 Å². The monoisotopic (exact) mass is 400 g/mol. The Labute approximate surface area is 174 Å². The summed E-state index contributed by atoms with van der Waals surface area (Å²) in [6.07, 6.45) is 3.62. The zero-order valence-corrected chi connectivity index (χ0v) is 16.7. The van der Waals surface area contributed by atoms with Gasteiger partial charge in [0.2, 0.25) is 5.91 Å². The van der Waals surface area contributed by atoms with E-state index < -0.39 is 0 Å². The van der Waals surface area contributed by atoms with Crippen molar-refractivity contribution >= 4 is 22.6 Å². The van der Waals surface area contributed by atoms with Crippen LogP contribution in [0, 0.1) is 5.92 Å². The molecular weight excluding hydrogens is 376 g/mol. The number of likely N-dealkylation sites (tertiary alicyclic amines) is 1. The molecule has 2 aromatic carbocycles. The van der Waals surface area contributed by atoms with Crippen LogP contribution in [0.2, 0.25) is 0 Å². The van der Waals surface area contributed by atoms with E-state index in [9.17, 15) is 4.79 Å². The first-order valence-electron chi connectivity index (χ1n) is 10.4. The Morgan fingerprint density at radius 2 is 2.00 bits per heavy atom. The van der Waals surface area contributed by atoms with Gasteiger partial charge in [-0.05, 0) is 67.9 Å². The molecule has 0 radical (unpaired) electrons. The van der Waals surface area contributed by atoms with E-state index >= 15 is 0 Å². The van der Waals surface area contributed by atoms with Crippen LogP contribution in [0.5, 0.6) is 0 Å². The number of nitrogens with one attached hydrogen (secondary N) is 2. The first-order chi connectivity index (χ1) is 14.7. The molecule has 1 aliphatic heterocycles. The van der Waals surface area contributed by atoms with Gasteiger partial charge in [-0.1, -0.05) is 12.1 Å². The highest BCUT2D eigenvalue weighted by molar-refractivity contribution is 5.93. The Morgan fingerprint density at radius 3 is 2.80 bits per heavy atom. The Kier molecular flexibility index (Phi) is 5.07. The lowest BCUT2D eigenvalue weighted by molar-refractivity contribution is -0.121. The second-order valence-corrected chi connectivity index (χ2v) is 7.82. The highest BCUT2D eigenvalue weighted by Gasteiger charge is 2.26. The Morgan fingerprint density at radius 1 is 1.13 bits per heavy atom. The third-order valence-electron chi connectivity index (χ3n) is 5.65. The van der Waals surface area contributed by atoms with Crippen molar-refractivity contribution in [1.82, 2.24) is 14.9 Å². The van der Waals surface area contributed by atoms with Crippen molar-refractivity contribution in [3.63, 3.8) is 0 Å². The number of H-pyrrole nitrogens is 1. The van der Waals surface area contributed by atoms with Gasteiger partial charge >= 0.3 is 0 Å². The first kappa shape index (κ1) is 18.6. The number of hydrogen-bond acceptors (Lipinski definition) is 4. The number of furan rings is 1. The van der Waals surface area contributed by atoms with E-state index in [-0.39, 0.29) is 11.8 Å². The molecular formula is C24H24N4O2. The molecule has 0 aliphatic carbocycles. The van der Waals surface area contributed by atoms with Crippen LogP contribution in [0.4, 0.5) is 5.69 Å². The normalized spacial score (nSPS) is 17.3. The molecule has 3 heterocycles. The molecule has 0 bridgehead atoms. The van der Waals surface area contributed by atoms with Crippen molar-refractivity contribution in [2.24, 2.45) is 5.92 Å². The van der Waals surface area contributed by atoms with Gasteiger partial charge in [0.25, 0.3) is 0 Å². The largest absolute Gasteiger partial charge is 0.468 e. The molecule has 1 saturated heterocycles. The summed E-state index contributed by atoms with van der Waals surface area (Å²) < 4.78 is 5.44. The number of benzene rings is 2. The molecule has 4 aromatic rings. The number of carbonyl (C=O) groups excluding carboxylic acids is 1. The highest BCUT2D eigenvalue weighted by Crippen LogP contribution is 2.24. The summed E-state index contributed by atoms with van der Waals surface area (Å²) in [6, 6.07) is 19.7. The number of imidazole rings is 1. The predicted molar refractivity (Wildman–Crippen MR) is 117 cm³/mol. The van der Waals surface area contributed by atoms with Crippen LogP contribution in [0.15, 0.2) is 71.3 Å². The zero-order chi connectivity index (χ0) is 20.3. The van der Waals surface area contributed by atoms with Crippen molar-refractivity contribution in [3.05, 3.63) is 72.7 Å². The molecule has 0 spiro atoms. The summed E-state index contributed by atoms with van der Waals surface area (Å²) in [5, 5.41) is 3.08. The lowest BCUT2D eigenvalue weighted by Gasteiger charge is -2.31. The van der Waals surface area contributed by atoms with Gasteiger partial charge < -0.3 is 14.7 Å². The maximum atomic E-state index is 12.8. The van der Waals surface area contributed by atoms with Gasteiger partial charge in [0, 0.05) is 17.8 Å². The van der Waals surface area contributed by atoms with E-state index in [1.807, 2.05) is 60.7 Å². The minimum absolute atomic E-state index is 0.0104. The van der Waals surface area contributed by atoms with Crippen LogP contribution in [-0.4, -0.2) is 33.9 Å². The fourth-order valence-corrected chi connectivity index (χ4v) is 4.08. The molecule has 1 amide bonds. The van der Waals surface area contributed by atoms with Crippen LogP contribution in [0.1, 0.15) is 18.6 Å². The SMILES string of the molecule is O=C(Nc1ccc(-c2nc3ccccc3[nH]2)cc1)[C@H]1CCCN(Cc2ccco2)C1. The van der Waals surface area contributed by atoms with E-state index in [0.717, 1.165) is 66.3 Å². The number of para-hydroxylation sites is 2. The summed E-state index contributed by atoms with van der Waals surface area (Å²) in [6.45, 7) is 2.50. The first-order valence-corrected chi connectivity index (χ1v) is 10.4. The number of amides is 1. The number of anilines is 1. The molecule has 1 fully saturated rings. The van der Waals surface area contributed by atoms with Crippen LogP contribution in [0.3, 0.4) is 0 Å². The maximum Gasteiger partial charge on any atom is 0.228 e. The minimum Gasteiger partial charge on any atom is -0.468 e. The van der Waals surface area contributed by atoms with Crippen LogP contribution < -0.4 is 5.32 Å². The zero-order valence-electron chi connectivity index (χ0n) is 16.7. The summed E-state index contributed by atoms with van der Waals surface area (Å²) in [5.41, 5.74) is 3.76. The van der Waals surface area contributed by atoms with Gasteiger partial charge in [-0.2, -0.15) is 0 Å². The molecule has 2 aromatic heterocycles. The molecule has 1 aliphatic rings. The third-order valence-corrected chi connectivity index (χ3v) is 5.65. The average molecular weight is 400 g/mol. The number of rotatable bonds is 5. The molecule has 30 heavy (non-hydrogen) atoms. The molecule has 6 heteroatoms. The molecule has 5 rings (SSSR count). The number of nitrogens with zero attached hydrogens (tertiary/aromatic N) is 2. The van der Waals surface area contributed by atoms with Crippen LogP contribution in [0.25, 0.3) is 22.4 Å². The molecule has 0 saturated carbocycles. The van der Waals surface area contributed by atoms with Gasteiger partial charge in [-0.3, -0.25) is 9.69 Å². The lowest BCUT2D eigenvalue weighted by atomic mass is 9.97. The molecule has 1 atom stereocenters. The Balaban J connectivity index is 1.22. The number of aromatic nitrogens is 2. The second kappa shape index (κ2) is 8.16. The fraction of sp³-hybridized carbons (Fsp3) is 0.250. The van der Waals surface area contributed by atoms with Crippen molar-refractivity contribution in [1.29, 1.82) is 0 Å². The lowest BCUT2D eigenvalue weighted by Crippen LogP contribution is -2.40. The number of fused-ring (bicyclic) bond motifs is 1. The number of hydrogen-bond donors (Lipinski definition) is 2. The van der Waals surface area contributed by atoms with Gasteiger partial charge in [-0.25, -0.2) is 4.98 Å². The fourth-order valence-electron chi connectivity index (χ4n) is 4.08.